The zero-order valence-corrected chi connectivity index (χ0v) is 18.8. The second kappa shape index (κ2) is 9.13. The molecule has 0 amide bonds. The fraction of sp³-hybridized carbons (Fsp3) is 0.300. The number of anilines is 1. The molecule has 2 heterocycles. The Morgan fingerprint density at radius 3 is 2.82 bits per heavy atom. The Balaban J connectivity index is 0.00000225. The van der Waals surface area contributed by atoms with E-state index < -0.39 is 0 Å². The number of hydrogen-bond donors (Lipinski definition) is 4. The van der Waals surface area contributed by atoms with Gasteiger partial charge in [-0.1, -0.05) is 24.3 Å². The van der Waals surface area contributed by atoms with Gasteiger partial charge >= 0.3 is 0 Å². The van der Waals surface area contributed by atoms with Crippen LogP contribution in [0.3, 0.4) is 0 Å². The van der Waals surface area contributed by atoms with Crippen LogP contribution in [0.1, 0.15) is 31.2 Å². The van der Waals surface area contributed by atoms with Crippen LogP contribution in [0.2, 0.25) is 0 Å². The molecule has 0 aliphatic carbocycles. The molecule has 1 atom stereocenters. The number of fused-ring (bicyclic) bond motifs is 1. The molecular formula is C20H24N7Y-. The molecule has 1 radical (unpaired) electrons. The number of benzene rings is 2. The SMILES string of the molecule is CC1CCCN1Cc1nc2ccc([N-]c3ccc(NN)c(C=N)c3)cc2[nH]1.[Y]. The molecule has 3 aromatic rings. The van der Waals surface area contributed by atoms with Crippen LogP contribution in [-0.2, 0) is 39.3 Å². The van der Waals surface area contributed by atoms with E-state index in [1.165, 1.54) is 19.1 Å². The van der Waals surface area contributed by atoms with E-state index >= 15 is 0 Å². The van der Waals surface area contributed by atoms with Gasteiger partial charge in [0.2, 0.25) is 0 Å². The number of likely N-dealkylation sites (tertiary alicyclic amines) is 1. The quantitative estimate of drug-likeness (QED) is 0.256. The molecule has 0 spiro atoms. The molecule has 7 nitrogen and oxygen atoms in total. The first kappa shape index (κ1) is 20.9. The van der Waals surface area contributed by atoms with Crippen molar-refractivity contribution in [2.75, 3.05) is 12.0 Å². The van der Waals surface area contributed by atoms with Crippen molar-refractivity contribution in [1.82, 2.24) is 14.9 Å². The summed E-state index contributed by atoms with van der Waals surface area (Å²) in [4.78, 5) is 10.6. The molecule has 5 N–H and O–H groups in total. The monoisotopic (exact) mass is 451 g/mol. The minimum atomic E-state index is 0. The first-order chi connectivity index (χ1) is 13.2. The molecule has 0 saturated carbocycles. The van der Waals surface area contributed by atoms with Gasteiger partial charge in [-0.2, -0.15) is 0 Å². The van der Waals surface area contributed by atoms with Gasteiger partial charge in [-0.25, -0.2) is 4.98 Å². The van der Waals surface area contributed by atoms with E-state index in [4.69, 9.17) is 16.2 Å². The van der Waals surface area contributed by atoms with Crippen LogP contribution in [0.4, 0.5) is 17.1 Å². The third kappa shape index (κ3) is 4.44. The summed E-state index contributed by atoms with van der Waals surface area (Å²) in [5.74, 6) is 6.46. The Morgan fingerprint density at radius 2 is 2.11 bits per heavy atom. The summed E-state index contributed by atoms with van der Waals surface area (Å²) in [5.41, 5.74) is 7.56. The average molecular weight is 451 g/mol. The summed E-state index contributed by atoms with van der Waals surface area (Å²) < 4.78 is 0. The fourth-order valence-corrected chi connectivity index (χ4v) is 3.63. The first-order valence-electron chi connectivity index (χ1n) is 9.22. The van der Waals surface area contributed by atoms with Crippen LogP contribution >= 0.6 is 0 Å². The number of H-pyrrole nitrogens is 1. The largest absolute Gasteiger partial charge is 0.658 e. The van der Waals surface area contributed by atoms with Gasteiger partial charge < -0.3 is 21.1 Å². The van der Waals surface area contributed by atoms with Gasteiger partial charge in [-0.15, -0.1) is 11.4 Å². The smallest absolute Gasteiger partial charge is 0.121 e. The predicted molar refractivity (Wildman–Crippen MR) is 110 cm³/mol. The Morgan fingerprint density at radius 1 is 1.32 bits per heavy atom. The number of nitrogen functional groups attached to an aromatic ring is 1. The maximum Gasteiger partial charge on any atom is 0.121 e. The summed E-state index contributed by atoms with van der Waals surface area (Å²) in [5, 5.41) is 12.2. The van der Waals surface area contributed by atoms with E-state index in [1.54, 1.807) is 0 Å². The number of aromatic nitrogens is 2. The molecule has 4 rings (SSSR count). The fourth-order valence-electron chi connectivity index (χ4n) is 3.63. The number of imidazole rings is 1. The van der Waals surface area contributed by atoms with E-state index in [0.717, 1.165) is 41.3 Å². The minimum Gasteiger partial charge on any atom is -0.658 e. The van der Waals surface area contributed by atoms with Crippen LogP contribution in [0.5, 0.6) is 0 Å². The zero-order valence-electron chi connectivity index (χ0n) is 15.9. The summed E-state index contributed by atoms with van der Waals surface area (Å²) in [6, 6.07) is 12.1. The predicted octanol–water partition coefficient (Wildman–Crippen LogP) is 4.16. The Kier molecular flexibility index (Phi) is 6.83. The van der Waals surface area contributed by atoms with Crippen LogP contribution in [-0.4, -0.2) is 33.7 Å². The van der Waals surface area contributed by atoms with Crippen LogP contribution < -0.4 is 11.3 Å². The molecule has 0 bridgehead atoms. The number of hydrazine groups is 1. The molecule has 2 aromatic carbocycles. The van der Waals surface area contributed by atoms with Crippen molar-refractivity contribution in [2.45, 2.75) is 32.4 Å². The van der Waals surface area contributed by atoms with Gasteiger partial charge in [-0.05, 0) is 38.4 Å². The first-order valence-corrected chi connectivity index (χ1v) is 9.22. The number of aromatic amines is 1. The Hall–Kier alpha value is -1.80. The molecule has 1 unspecified atom stereocenters. The van der Waals surface area contributed by atoms with Crippen molar-refractivity contribution < 1.29 is 32.7 Å². The van der Waals surface area contributed by atoms with Crippen molar-refractivity contribution in [1.29, 1.82) is 5.41 Å². The van der Waals surface area contributed by atoms with E-state index in [9.17, 15) is 0 Å². The van der Waals surface area contributed by atoms with Crippen LogP contribution in [0, 0.1) is 5.41 Å². The van der Waals surface area contributed by atoms with Crippen LogP contribution in [0.15, 0.2) is 36.4 Å². The normalized spacial score (nSPS) is 16.7. The number of rotatable bonds is 6. The van der Waals surface area contributed by atoms with Gasteiger partial charge in [0.05, 0.1) is 23.3 Å². The third-order valence-electron chi connectivity index (χ3n) is 5.16. The average Bonchev–Trinajstić information content (AvgIpc) is 3.27. The molecule has 143 valence electrons. The Labute approximate surface area is 189 Å². The molecule has 1 aliphatic rings. The van der Waals surface area contributed by atoms with Gasteiger partial charge in [-0.3, -0.25) is 10.7 Å². The van der Waals surface area contributed by atoms with E-state index in [-0.39, 0.29) is 32.7 Å². The molecule has 1 aliphatic heterocycles. The van der Waals surface area contributed by atoms with E-state index in [1.807, 2.05) is 36.4 Å². The van der Waals surface area contributed by atoms with E-state index in [0.29, 0.717) is 17.3 Å². The van der Waals surface area contributed by atoms with Crippen LogP contribution in [0.25, 0.3) is 16.4 Å². The van der Waals surface area contributed by atoms with Crippen molar-refractivity contribution in [2.24, 2.45) is 5.84 Å². The summed E-state index contributed by atoms with van der Waals surface area (Å²) in [6.45, 7) is 4.28. The second-order valence-corrected chi connectivity index (χ2v) is 7.02. The molecule has 1 aromatic heterocycles. The number of nitrogens with two attached hydrogens (primary N) is 1. The topological polar surface area (TPSA) is 108 Å². The zero-order chi connectivity index (χ0) is 18.8. The Bertz CT molecular complexity index is 968. The van der Waals surface area contributed by atoms with Crippen molar-refractivity contribution >= 4 is 34.3 Å². The standard InChI is InChI=1S/C20H24N7.Y/c1-13-3-2-8-27(13)12-20-24-18-7-5-16(10-19(18)25-20)23-15-4-6-17(26-22)14(9-15)11-21;/h4-7,9-11,13,21,26H,2-3,8,12,22H2,1H3,(H,24,25);/q-1;. The minimum absolute atomic E-state index is 0. The summed E-state index contributed by atoms with van der Waals surface area (Å²) in [6.07, 6.45) is 3.79. The third-order valence-corrected chi connectivity index (χ3v) is 5.16. The number of hydrogen-bond acceptors (Lipinski definition) is 5. The molecule has 1 saturated heterocycles. The number of nitrogens with zero attached hydrogens (tertiary/aromatic N) is 3. The molecule has 28 heavy (non-hydrogen) atoms. The molecule has 8 heteroatoms. The molecule has 1 fully saturated rings. The van der Waals surface area contributed by atoms with Gasteiger partial charge in [0.15, 0.2) is 0 Å². The van der Waals surface area contributed by atoms with Crippen molar-refractivity contribution in [3.63, 3.8) is 0 Å². The van der Waals surface area contributed by atoms with E-state index in [2.05, 4.69) is 27.6 Å². The van der Waals surface area contributed by atoms with Gasteiger partial charge in [0, 0.05) is 50.5 Å². The maximum atomic E-state index is 7.50. The number of nitrogens with one attached hydrogen (secondary N) is 3. The summed E-state index contributed by atoms with van der Waals surface area (Å²) in [7, 11) is 0. The summed E-state index contributed by atoms with van der Waals surface area (Å²) >= 11 is 0. The maximum absolute atomic E-state index is 7.50. The van der Waals surface area contributed by atoms with Gasteiger partial charge in [0.1, 0.15) is 5.82 Å². The van der Waals surface area contributed by atoms with Crippen molar-refractivity contribution in [3.05, 3.63) is 53.1 Å². The van der Waals surface area contributed by atoms with Crippen molar-refractivity contribution in [3.8, 4) is 0 Å². The second-order valence-electron chi connectivity index (χ2n) is 7.02. The molecular weight excluding hydrogens is 427 g/mol. The van der Waals surface area contributed by atoms with Gasteiger partial charge in [0.25, 0.3) is 0 Å².